The zero-order valence-electron chi connectivity index (χ0n) is 20.1. The van der Waals surface area contributed by atoms with E-state index >= 15 is 0 Å². The van der Waals surface area contributed by atoms with Crippen molar-refractivity contribution >= 4 is 40.1 Å². The van der Waals surface area contributed by atoms with Crippen molar-refractivity contribution in [1.29, 1.82) is 0 Å². The molecule has 3 aromatic heterocycles. The highest BCUT2D eigenvalue weighted by Gasteiger charge is 2.20. The Morgan fingerprint density at radius 3 is 2.76 bits per heavy atom. The molecule has 0 saturated carbocycles. The number of unbranched alkanes of at least 4 members (excludes halogenated alkanes) is 1. The van der Waals surface area contributed by atoms with E-state index in [-0.39, 0.29) is 6.01 Å². The van der Waals surface area contributed by atoms with Crippen LogP contribution in [-0.2, 0) is 11.3 Å². The number of oxazole rings is 1. The SMILES string of the molecule is CN(C)c1ncnc2c1c(-c1ccc3oc(N)nc3c1)nn2CCCCNC(=O)OC(C)(C)C. The van der Waals surface area contributed by atoms with Gasteiger partial charge in [-0.15, -0.1) is 0 Å². The quantitative estimate of drug-likeness (QED) is 0.391. The van der Waals surface area contributed by atoms with Crippen LogP contribution in [0.5, 0.6) is 0 Å². The summed E-state index contributed by atoms with van der Waals surface area (Å²) in [7, 11) is 3.87. The third-order valence-corrected chi connectivity index (χ3v) is 5.08. The van der Waals surface area contributed by atoms with E-state index in [0.29, 0.717) is 24.2 Å². The number of carbonyl (C=O) groups is 1. The van der Waals surface area contributed by atoms with E-state index in [2.05, 4.69) is 20.3 Å². The fourth-order valence-corrected chi connectivity index (χ4v) is 3.67. The zero-order valence-corrected chi connectivity index (χ0v) is 20.1. The summed E-state index contributed by atoms with van der Waals surface area (Å²) < 4.78 is 12.6. The molecule has 0 fully saturated rings. The average Bonchev–Trinajstić information content (AvgIpc) is 3.31. The Morgan fingerprint density at radius 1 is 1.24 bits per heavy atom. The molecule has 3 N–H and O–H groups in total. The van der Waals surface area contributed by atoms with Crippen LogP contribution in [0.15, 0.2) is 28.9 Å². The lowest BCUT2D eigenvalue weighted by atomic mass is 10.1. The first kappa shape index (κ1) is 23.3. The van der Waals surface area contributed by atoms with Gasteiger partial charge in [-0.05, 0) is 51.8 Å². The van der Waals surface area contributed by atoms with E-state index in [9.17, 15) is 4.79 Å². The van der Waals surface area contributed by atoms with Gasteiger partial charge in [0.25, 0.3) is 6.01 Å². The maximum absolute atomic E-state index is 11.8. The van der Waals surface area contributed by atoms with Gasteiger partial charge in [0.2, 0.25) is 0 Å². The average molecular weight is 467 g/mol. The largest absolute Gasteiger partial charge is 0.444 e. The van der Waals surface area contributed by atoms with Gasteiger partial charge in [-0.2, -0.15) is 10.1 Å². The molecular weight excluding hydrogens is 436 g/mol. The van der Waals surface area contributed by atoms with E-state index in [1.54, 1.807) is 6.33 Å². The molecule has 1 amide bonds. The summed E-state index contributed by atoms with van der Waals surface area (Å²) in [4.78, 5) is 27.0. The van der Waals surface area contributed by atoms with E-state index in [1.165, 1.54) is 0 Å². The van der Waals surface area contributed by atoms with Gasteiger partial charge in [0, 0.05) is 32.7 Å². The topological polar surface area (TPSA) is 137 Å². The molecule has 0 aliphatic heterocycles. The first-order valence-electron chi connectivity index (χ1n) is 11.1. The van der Waals surface area contributed by atoms with Crippen LogP contribution < -0.4 is 16.0 Å². The van der Waals surface area contributed by atoms with Crippen molar-refractivity contribution in [2.45, 2.75) is 45.8 Å². The molecular formula is C23H30N8O3. The maximum atomic E-state index is 11.8. The minimum atomic E-state index is -0.515. The molecule has 0 spiro atoms. The third kappa shape index (κ3) is 5.03. The predicted molar refractivity (Wildman–Crippen MR) is 131 cm³/mol. The van der Waals surface area contributed by atoms with Crippen LogP contribution in [0, 0.1) is 0 Å². The minimum Gasteiger partial charge on any atom is -0.444 e. The molecule has 11 nitrogen and oxygen atoms in total. The van der Waals surface area contributed by atoms with Crippen LogP contribution in [0.3, 0.4) is 0 Å². The highest BCUT2D eigenvalue weighted by atomic mass is 16.6. The molecule has 0 atom stereocenters. The number of aryl methyl sites for hydroxylation is 1. The van der Waals surface area contributed by atoms with E-state index < -0.39 is 11.7 Å². The molecule has 34 heavy (non-hydrogen) atoms. The smallest absolute Gasteiger partial charge is 0.407 e. The fraction of sp³-hybridized carbons (Fsp3) is 0.435. The minimum absolute atomic E-state index is 0.125. The number of rotatable bonds is 7. The number of nitrogens with one attached hydrogen (secondary N) is 1. The van der Waals surface area contributed by atoms with E-state index in [1.807, 2.05) is 62.6 Å². The van der Waals surface area contributed by atoms with Crippen LogP contribution in [-0.4, -0.2) is 57.1 Å². The number of nitrogens with two attached hydrogens (primary N) is 1. The zero-order chi connectivity index (χ0) is 24.5. The monoisotopic (exact) mass is 466 g/mol. The molecule has 0 aliphatic rings. The first-order chi connectivity index (χ1) is 16.1. The van der Waals surface area contributed by atoms with Gasteiger partial charge in [-0.25, -0.2) is 19.4 Å². The fourth-order valence-electron chi connectivity index (χ4n) is 3.67. The number of ether oxygens (including phenoxy) is 1. The van der Waals surface area contributed by atoms with Gasteiger partial charge < -0.3 is 25.1 Å². The van der Waals surface area contributed by atoms with Crippen LogP contribution in [0.1, 0.15) is 33.6 Å². The molecule has 4 rings (SSSR count). The number of benzene rings is 1. The van der Waals surface area contributed by atoms with Gasteiger partial charge in [0.15, 0.2) is 11.2 Å². The van der Waals surface area contributed by atoms with Crippen molar-refractivity contribution in [3.05, 3.63) is 24.5 Å². The summed E-state index contributed by atoms with van der Waals surface area (Å²) in [6.07, 6.45) is 2.70. The number of amides is 1. The summed E-state index contributed by atoms with van der Waals surface area (Å²) in [5, 5.41) is 8.53. The van der Waals surface area contributed by atoms with Crippen molar-refractivity contribution in [3.8, 4) is 11.3 Å². The van der Waals surface area contributed by atoms with Gasteiger partial charge >= 0.3 is 6.09 Å². The van der Waals surface area contributed by atoms with Crippen molar-refractivity contribution in [2.75, 3.05) is 31.3 Å². The summed E-state index contributed by atoms with van der Waals surface area (Å²) in [5.41, 5.74) is 8.84. The summed E-state index contributed by atoms with van der Waals surface area (Å²) >= 11 is 0. The number of anilines is 2. The molecule has 0 radical (unpaired) electrons. The van der Waals surface area contributed by atoms with Gasteiger partial charge in [-0.1, -0.05) is 0 Å². The molecule has 1 aromatic carbocycles. The molecule has 3 heterocycles. The Hall–Kier alpha value is -3.89. The highest BCUT2D eigenvalue weighted by molar-refractivity contribution is 6.00. The number of carbonyl (C=O) groups excluding carboxylic acids is 1. The second-order valence-corrected chi connectivity index (χ2v) is 9.23. The number of aromatic nitrogens is 5. The molecule has 0 unspecified atom stereocenters. The van der Waals surface area contributed by atoms with E-state index in [4.69, 9.17) is 20.0 Å². The number of hydrogen-bond donors (Lipinski definition) is 2. The number of hydrogen-bond acceptors (Lipinski definition) is 9. The first-order valence-corrected chi connectivity index (χ1v) is 11.1. The molecule has 180 valence electrons. The van der Waals surface area contributed by atoms with Crippen molar-refractivity contribution in [3.63, 3.8) is 0 Å². The van der Waals surface area contributed by atoms with Gasteiger partial charge in [-0.3, -0.25) is 0 Å². The summed E-state index contributed by atoms with van der Waals surface area (Å²) in [5.74, 6) is 0.776. The Balaban J connectivity index is 1.57. The Kier molecular flexibility index (Phi) is 6.27. The predicted octanol–water partition coefficient (Wildman–Crippen LogP) is 3.59. The molecule has 11 heteroatoms. The van der Waals surface area contributed by atoms with Gasteiger partial charge in [0.05, 0.1) is 5.39 Å². The Labute approximate surface area is 197 Å². The van der Waals surface area contributed by atoms with Gasteiger partial charge in [0.1, 0.15) is 29.0 Å². The number of nitrogens with zero attached hydrogens (tertiary/aromatic N) is 6. The lowest BCUT2D eigenvalue weighted by Gasteiger charge is -2.19. The molecule has 0 aliphatic carbocycles. The molecule has 0 saturated heterocycles. The Bertz CT molecular complexity index is 1320. The lowest BCUT2D eigenvalue weighted by molar-refractivity contribution is 0.0527. The number of alkyl carbamates (subject to hydrolysis) is 1. The maximum Gasteiger partial charge on any atom is 0.407 e. The van der Waals surface area contributed by atoms with E-state index in [0.717, 1.165) is 41.0 Å². The van der Waals surface area contributed by atoms with Crippen molar-refractivity contribution in [1.82, 2.24) is 30.0 Å². The highest BCUT2D eigenvalue weighted by Crippen LogP contribution is 2.34. The second kappa shape index (κ2) is 9.16. The van der Waals surface area contributed by atoms with Crippen LogP contribution in [0.4, 0.5) is 16.6 Å². The Morgan fingerprint density at radius 2 is 2.03 bits per heavy atom. The standard InChI is InChI=1S/C23H30N8O3/c1-23(2,3)34-22(32)25-10-6-7-11-31-20-17(19(30(4)5)26-13-27-20)18(29-31)14-8-9-16-15(12-14)28-21(24)33-16/h8-9,12-13H,6-7,10-11H2,1-5H3,(H2,24,28)(H,25,32). The molecule has 4 aromatic rings. The summed E-state index contributed by atoms with van der Waals surface area (Å²) in [6.45, 7) is 6.67. The van der Waals surface area contributed by atoms with Crippen molar-refractivity contribution < 1.29 is 13.9 Å². The number of nitrogen functional groups attached to an aromatic ring is 1. The normalized spacial score (nSPS) is 11.8. The third-order valence-electron chi connectivity index (χ3n) is 5.08. The number of fused-ring (bicyclic) bond motifs is 2. The molecule has 0 bridgehead atoms. The van der Waals surface area contributed by atoms with Crippen LogP contribution in [0.2, 0.25) is 0 Å². The second-order valence-electron chi connectivity index (χ2n) is 9.23. The van der Waals surface area contributed by atoms with Crippen LogP contribution in [0.25, 0.3) is 33.4 Å². The lowest BCUT2D eigenvalue weighted by Crippen LogP contribution is -2.33. The summed E-state index contributed by atoms with van der Waals surface area (Å²) in [6, 6.07) is 5.79. The van der Waals surface area contributed by atoms with Crippen molar-refractivity contribution in [2.24, 2.45) is 0 Å². The van der Waals surface area contributed by atoms with Crippen LogP contribution >= 0.6 is 0 Å².